The van der Waals surface area contributed by atoms with Crippen molar-refractivity contribution >= 4 is 88.6 Å². The molecule has 0 bridgehead atoms. The molecule has 0 fully saturated rings. The molecule has 1 heterocycles. The number of unbranched alkanes of at least 4 members (excludes halogenated alkanes) is 1. The van der Waals surface area contributed by atoms with Crippen LogP contribution in [0, 0.1) is 0 Å². The summed E-state index contributed by atoms with van der Waals surface area (Å²) < 4.78 is 15.0. The summed E-state index contributed by atoms with van der Waals surface area (Å²) in [5.74, 6) is 1.06. The number of allylic oxidation sites excluding steroid dienone is 6. The van der Waals surface area contributed by atoms with Gasteiger partial charge in [-0.25, -0.2) is 4.58 Å². The number of benzene rings is 7. The van der Waals surface area contributed by atoms with Gasteiger partial charge in [-0.15, -0.1) is 0 Å². The number of ketones is 1. The molecule has 0 aromatic heterocycles. The van der Waals surface area contributed by atoms with Gasteiger partial charge >= 0.3 is 14.2 Å². The summed E-state index contributed by atoms with van der Waals surface area (Å²) in [6.45, 7) is 19.4. The Labute approximate surface area is 521 Å². The predicted molar refractivity (Wildman–Crippen MR) is 365 cm³/mol. The zero-order valence-electron chi connectivity index (χ0n) is 52.8. The third-order valence-corrected chi connectivity index (χ3v) is 20.9. The van der Waals surface area contributed by atoms with Gasteiger partial charge in [0.25, 0.3) is 0 Å². The van der Waals surface area contributed by atoms with Crippen molar-refractivity contribution in [3.05, 3.63) is 208 Å². The van der Waals surface area contributed by atoms with Gasteiger partial charge in [0.05, 0.1) is 14.2 Å². The Kier molecular flexibility index (Phi) is 20.6. The quantitative estimate of drug-likeness (QED) is 0.0116. The first-order valence-electron chi connectivity index (χ1n) is 30.3. The van der Waals surface area contributed by atoms with Crippen LogP contribution in [0.2, 0.25) is 13.1 Å². The van der Waals surface area contributed by atoms with Crippen LogP contribution < -0.4 is 35.8 Å². The first-order valence-corrected chi connectivity index (χ1v) is 33.3. The lowest BCUT2D eigenvalue weighted by atomic mass is 9.77. The molecule has 9 rings (SSSR count). The molecule has 7 aromatic carbocycles. The number of nitrogens with zero attached hydrogens (tertiary/aromatic N) is 4. The SMILES string of the molecule is C=C(C)C(=O)CCCCN(Cc1ccccc1B(O)O)Cc1c2ccccc2c(CN(CCCNC(=O)C(=C)C)Cc2ccccc2B(O)O)c2ccc(-c3cc(OC)c(OC)c(C4=C5C=CC(=[N+](C)C)C=C5[Si](C)(C)c5cc(N(C)C)ccc54)c3)cc12. The van der Waals surface area contributed by atoms with Crippen molar-refractivity contribution in [1.82, 2.24) is 15.1 Å². The van der Waals surface area contributed by atoms with Crippen molar-refractivity contribution < 1.29 is 43.7 Å². The molecule has 1 amide bonds. The van der Waals surface area contributed by atoms with E-state index in [2.05, 4.69) is 170 Å². The molecule has 0 spiro atoms. The standard InChI is InChI=1S/C72H83B2N5O8Si/c1-47(2)66(80)28-19-20-36-78(43-50-22-13-17-26-64(50)73(82)83)46-63-56-25-16-15-24-55(56)62(45-79(37-21-35-75-72(81)48(3)4)44-51-23-14-18-27-65(51)74(84)85)57-32-29-49(38-60(57)63)52-39-61(71(87-10)67(40-52)86-9)70-58-33-30-53(76(5)6)41-68(58)88(11,12)69-42-54(77(7)8)31-34-59(69)70/h13-18,22-27,29-34,38-42,82-85H,1,3,19-21,28,35-37,43-46H2,2,4-12H3/p+1. The fourth-order valence-corrected chi connectivity index (χ4v) is 15.6. The first-order chi connectivity index (χ1) is 42.1. The molecule has 454 valence electrons. The molecular weight excluding hydrogens is 1110 g/mol. The summed E-state index contributed by atoms with van der Waals surface area (Å²) in [6.07, 6.45) is 9.22. The molecule has 13 nitrogen and oxygen atoms in total. The van der Waals surface area contributed by atoms with E-state index in [0.717, 1.165) is 77.5 Å². The molecule has 0 saturated heterocycles. The monoisotopic (exact) mass is 1200 g/mol. The number of ether oxygens (including phenoxy) is 2. The van der Waals surface area contributed by atoms with Crippen LogP contribution in [0.3, 0.4) is 0 Å². The number of nitrogens with one attached hydrogen (secondary N) is 1. The maximum atomic E-state index is 12.9. The molecule has 0 atom stereocenters. The average Bonchev–Trinajstić information content (AvgIpc) is 0.740. The van der Waals surface area contributed by atoms with E-state index < -0.39 is 22.3 Å². The fourth-order valence-electron chi connectivity index (χ4n) is 12.6. The summed E-state index contributed by atoms with van der Waals surface area (Å²) in [5, 5.41) is 52.4. The number of rotatable bonds is 26. The van der Waals surface area contributed by atoms with Crippen molar-refractivity contribution in [2.75, 3.05) is 66.9 Å². The van der Waals surface area contributed by atoms with Crippen LogP contribution in [0.15, 0.2) is 175 Å². The summed E-state index contributed by atoms with van der Waals surface area (Å²) >= 11 is 0. The van der Waals surface area contributed by atoms with Crippen molar-refractivity contribution in [1.29, 1.82) is 0 Å². The number of fused-ring (bicyclic) bond motifs is 4. The van der Waals surface area contributed by atoms with Gasteiger partial charge in [0.2, 0.25) is 5.91 Å². The fraction of sp³-hybridized carbons (Fsp3) is 0.292. The number of carbonyl (C=O) groups excluding carboxylic acids is 2. The number of methoxy groups -OCH3 is 2. The van der Waals surface area contributed by atoms with Gasteiger partial charge in [-0.05, 0) is 175 Å². The van der Waals surface area contributed by atoms with Gasteiger partial charge in [-0.3, -0.25) is 19.4 Å². The normalized spacial score (nSPS) is 13.4. The molecule has 0 saturated carbocycles. The van der Waals surface area contributed by atoms with Crippen LogP contribution >= 0.6 is 0 Å². The number of carbonyl (C=O) groups is 2. The number of amides is 1. The van der Waals surface area contributed by atoms with E-state index in [0.29, 0.717) is 105 Å². The van der Waals surface area contributed by atoms with Crippen molar-refractivity contribution in [3.8, 4) is 22.6 Å². The third kappa shape index (κ3) is 14.0. The van der Waals surface area contributed by atoms with Gasteiger partial charge in [-0.1, -0.05) is 117 Å². The lowest BCUT2D eigenvalue weighted by Gasteiger charge is -2.38. The maximum absolute atomic E-state index is 12.9. The zero-order valence-corrected chi connectivity index (χ0v) is 53.8. The predicted octanol–water partition coefficient (Wildman–Crippen LogP) is 8.98. The summed E-state index contributed by atoms with van der Waals surface area (Å²) in [5.41, 5.74) is 14.0. The molecule has 0 unspecified atom stereocenters. The molecule has 0 radical (unpaired) electrons. The highest BCUT2D eigenvalue weighted by Crippen LogP contribution is 2.49. The van der Waals surface area contributed by atoms with Gasteiger partial charge in [0.15, 0.2) is 23.0 Å². The molecule has 2 aliphatic rings. The van der Waals surface area contributed by atoms with Crippen LogP contribution in [-0.4, -0.2) is 136 Å². The van der Waals surface area contributed by atoms with Crippen molar-refractivity contribution in [2.45, 2.75) is 78.8 Å². The second-order valence-corrected chi connectivity index (χ2v) is 28.7. The van der Waals surface area contributed by atoms with E-state index in [4.69, 9.17) is 9.47 Å². The van der Waals surface area contributed by atoms with E-state index in [-0.39, 0.29) is 11.7 Å². The van der Waals surface area contributed by atoms with Gasteiger partial charge in [0.1, 0.15) is 22.2 Å². The van der Waals surface area contributed by atoms with Crippen LogP contribution in [-0.2, 0) is 35.8 Å². The minimum atomic E-state index is -2.32. The Balaban J connectivity index is 1.28. The molecule has 7 aromatic rings. The number of hydrogen-bond acceptors (Lipinski definition) is 11. The minimum absolute atomic E-state index is 0.0401. The Morgan fingerprint density at radius 2 is 1.23 bits per heavy atom. The first kappa shape index (κ1) is 64.5. The summed E-state index contributed by atoms with van der Waals surface area (Å²) in [4.78, 5) is 32.4. The Hall–Kier alpha value is -7.92. The second-order valence-electron chi connectivity index (χ2n) is 24.4. The zero-order chi connectivity index (χ0) is 63.1. The molecule has 88 heavy (non-hydrogen) atoms. The summed E-state index contributed by atoms with van der Waals surface area (Å²) in [6, 6.07) is 41.2. The van der Waals surface area contributed by atoms with Gasteiger partial charge < -0.3 is 39.8 Å². The highest BCUT2D eigenvalue weighted by Gasteiger charge is 2.41. The Morgan fingerprint density at radius 1 is 0.636 bits per heavy atom. The largest absolute Gasteiger partial charge is 0.493 e. The van der Waals surface area contributed by atoms with Crippen molar-refractivity contribution in [3.63, 3.8) is 0 Å². The number of anilines is 1. The number of Topliss-reactive ketones (excluding diaryl/α,β-unsaturated/α-hetero) is 1. The molecule has 1 aliphatic carbocycles. The lowest BCUT2D eigenvalue weighted by Crippen LogP contribution is -2.49. The third-order valence-electron chi connectivity index (χ3n) is 17.4. The Bertz CT molecular complexity index is 3970. The highest BCUT2D eigenvalue weighted by molar-refractivity contribution is 6.98. The number of hydrogen-bond donors (Lipinski definition) is 5. The maximum Gasteiger partial charge on any atom is 0.488 e. The van der Waals surface area contributed by atoms with Crippen LogP contribution in [0.1, 0.15) is 72.9 Å². The molecule has 5 N–H and O–H groups in total. The molecular formula is C72H84B2N5O8Si+. The van der Waals surface area contributed by atoms with Crippen LogP contribution in [0.25, 0.3) is 38.2 Å². The van der Waals surface area contributed by atoms with Crippen molar-refractivity contribution in [2.24, 2.45) is 0 Å². The van der Waals surface area contributed by atoms with Crippen LogP contribution in [0.5, 0.6) is 11.5 Å². The summed E-state index contributed by atoms with van der Waals surface area (Å²) in [7, 11) is 6.08. The highest BCUT2D eigenvalue weighted by atomic mass is 28.3. The second kappa shape index (κ2) is 28.1. The molecule has 16 heteroatoms. The van der Waals surface area contributed by atoms with E-state index in [1.54, 1.807) is 46.3 Å². The molecule has 1 aliphatic heterocycles. The smallest absolute Gasteiger partial charge is 0.488 e. The van der Waals surface area contributed by atoms with E-state index >= 15 is 0 Å². The average molecular weight is 1200 g/mol. The van der Waals surface area contributed by atoms with E-state index in [1.807, 2.05) is 30.3 Å². The van der Waals surface area contributed by atoms with E-state index in [9.17, 15) is 29.7 Å². The topological polar surface area (TPSA) is 158 Å². The van der Waals surface area contributed by atoms with E-state index in [1.165, 1.54) is 21.5 Å². The lowest BCUT2D eigenvalue weighted by molar-refractivity contribution is -0.462. The minimum Gasteiger partial charge on any atom is -0.493 e. The Morgan fingerprint density at radius 3 is 1.80 bits per heavy atom. The van der Waals surface area contributed by atoms with Gasteiger partial charge in [0, 0.05) is 88.8 Å². The van der Waals surface area contributed by atoms with Gasteiger partial charge in [-0.2, -0.15) is 0 Å². The van der Waals surface area contributed by atoms with Crippen LogP contribution in [0.4, 0.5) is 5.69 Å².